The molecule has 0 saturated heterocycles. The number of hydrogen-bond acceptors (Lipinski definition) is 5. The van der Waals surface area contributed by atoms with Gasteiger partial charge >= 0.3 is 13.4 Å². The number of carboxylic acids is 1. The van der Waals surface area contributed by atoms with Crippen LogP contribution in [0.25, 0.3) is 16.6 Å². The quantitative estimate of drug-likeness (QED) is 0.345. The van der Waals surface area contributed by atoms with Gasteiger partial charge in [0.05, 0.1) is 11.4 Å². The normalized spacial score (nSPS) is 14.6. The number of amides is 1. The average molecular weight is 508 g/mol. The van der Waals surface area contributed by atoms with Gasteiger partial charge in [-0.1, -0.05) is 18.2 Å². The number of aliphatic carboxylic acids is 1. The summed E-state index contributed by atoms with van der Waals surface area (Å²) in [5.74, 6) is -1.27. The number of rotatable bonds is 10. The fourth-order valence-corrected chi connectivity index (χ4v) is 4.50. The molecule has 0 saturated carbocycles. The lowest BCUT2D eigenvalue weighted by molar-refractivity contribution is -0.138. The number of carboxylic acid groups (broad SMARTS) is 1. The van der Waals surface area contributed by atoms with Gasteiger partial charge in [-0.25, -0.2) is 0 Å². The number of aliphatic imine (C=N–C) groups is 1. The summed E-state index contributed by atoms with van der Waals surface area (Å²) in [5.41, 5.74) is 8.91. The zero-order valence-corrected chi connectivity index (χ0v) is 19.9. The summed E-state index contributed by atoms with van der Waals surface area (Å²) in [6.07, 6.45) is 5.89. The Kier molecular flexibility index (Phi) is 7.92. The van der Waals surface area contributed by atoms with E-state index in [0.717, 1.165) is 14.9 Å². The van der Waals surface area contributed by atoms with Crippen LogP contribution in [0.2, 0.25) is 0 Å². The topological polar surface area (TPSA) is 110 Å². The third-order valence-electron chi connectivity index (χ3n) is 5.55. The van der Waals surface area contributed by atoms with Gasteiger partial charge in [-0.05, 0) is 72.3 Å². The van der Waals surface area contributed by atoms with Crippen molar-refractivity contribution in [1.82, 2.24) is 4.48 Å². The molecule has 3 heterocycles. The van der Waals surface area contributed by atoms with Crippen molar-refractivity contribution < 1.29 is 23.3 Å². The lowest BCUT2D eigenvalue weighted by Crippen LogP contribution is -2.32. The van der Waals surface area contributed by atoms with Gasteiger partial charge in [0.1, 0.15) is 6.04 Å². The zero-order valence-electron chi connectivity index (χ0n) is 19.1. The molecule has 0 unspecified atom stereocenters. The van der Waals surface area contributed by atoms with Crippen molar-refractivity contribution in [3.63, 3.8) is 0 Å². The van der Waals surface area contributed by atoms with E-state index in [4.69, 9.17) is 10.8 Å². The first-order valence-corrected chi connectivity index (χ1v) is 12.1. The van der Waals surface area contributed by atoms with Crippen LogP contribution in [0.15, 0.2) is 76.8 Å². The van der Waals surface area contributed by atoms with Crippen molar-refractivity contribution in [3.8, 4) is 10.6 Å². The Hall–Kier alpha value is -3.83. The number of hydrogen-bond donors (Lipinski definition) is 3. The molecule has 36 heavy (non-hydrogen) atoms. The Balaban J connectivity index is 1.34. The largest absolute Gasteiger partial charge is 0.678 e. The maximum absolute atomic E-state index is 13.8. The third kappa shape index (κ3) is 6.24. The van der Waals surface area contributed by atoms with Gasteiger partial charge in [-0.15, -0.1) is 11.3 Å². The first-order valence-electron chi connectivity index (χ1n) is 11.2. The van der Waals surface area contributed by atoms with Crippen LogP contribution in [0.3, 0.4) is 0 Å². The predicted molar refractivity (Wildman–Crippen MR) is 139 cm³/mol. The second kappa shape index (κ2) is 11.3. The van der Waals surface area contributed by atoms with Crippen molar-refractivity contribution in [1.29, 1.82) is 0 Å². The van der Waals surface area contributed by atoms with E-state index in [9.17, 15) is 18.2 Å². The molecule has 4 rings (SSSR count). The van der Waals surface area contributed by atoms with Crippen LogP contribution < -0.4 is 11.1 Å². The highest BCUT2D eigenvalue weighted by Crippen LogP contribution is 2.29. The number of nitrogens with zero attached hydrogens (tertiary/aromatic N) is 2. The molecule has 2 aromatic heterocycles. The van der Waals surface area contributed by atoms with Gasteiger partial charge in [-0.3, -0.25) is 23.2 Å². The molecule has 0 spiro atoms. The number of carbonyl (C=O) groups is 2. The lowest BCUT2D eigenvalue weighted by atomic mass is 10.1. The molecule has 1 aliphatic heterocycles. The molecule has 184 valence electrons. The minimum absolute atomic E-state index is 0.192. The highest BCUT2D eigenvalue weighted by atomic mass is 32.1. The molecule has 0 fully saturated rings. The summed E-state index contributed by atoms with van der Waals surface area (Å²) in [4.78, 5) is 28.4. The van der Waals surface area contributed by atoms with Crippen molar-refractivity contribution >= 4 is 48.1 Å². The Morgan fingerprint density at radius 1 is 1.17 bits per heavy atom. The summed E-state index contributed by atoms with van der Waals surface area (Å²) in [6, 6.07) is 12.8. The molecule has 1 atom stereocenters. The van der Waals surface area contributed by atoms with Crippen LogP contribution in [-0.2, 0) is 16.0 Å². The first-order chi connectivity index (χ1) is 17.3. The summed E-state index contributed by atoms with van der Waals surface area (Å²) in [7, 11) is -2.69. The van der Waals surface area contributed by atoms with Crippen molar-refractivity contribution in [2.24, 2.45) is 10.7 Å². The molecule has 1 amide bonds. The summed E-state index contributed by atoms with van der Waals surface area (Å²) >= 11 is 1.40. The Labute approximate surface area is 210 Å². The van der Waals surface area contributed by atoms with Gasteiger partial charge in [0.25, 0.3) is 0 Å². The fourth-order valence-electron chi connectivity index (χ4n) is 3.75. The molecular formula is C25H23BF2N4O3S. The van der Waals surface area contributed by atoms with Crippen LogP contribution in [0.1, 0.15) is 24.1 Å². The molecular weight excluding hydrogens is 485 g/mol. The van der Waals surface area contributed by atoms with Crippen molar-refractivity contribution in [3.05, 3.63) is 83.0 Å². The van der Waals surface area contributed by atoms with Crippen molar-refractivity contribution in [2.75, 3.05) is 5.32 Å². The second-order valence-corrected chi connectivity index (χ2v) is 9.12. The van der Waals surface area contributed by atoms with Gasteiger partial charge in [0.15, 0.2) is 0 Å². The number of benzene rings is 1. The van der Waals surface area contributed by atoms with Gasteiger partial charge in [0.2, 0.25) is 5.91 Å². The number of carbonyl (C=O) groups excluding carboxylic acids is 1. The molecule has 11 heteroatoms. The van der Waals surface area contributed by atoms with Gasteiger partial charge < -0.3 is 20.6 Å². The molecule has 3 aromatic rings. The van der Waals surface area contributed by atoms with Gasteiger partial charge in [-0.2, -0.15) is 0 Å². The van der Waals surface area contributed by atoms with Crippen LogP contribution in [-0.4, -0.2) is 40.6 Å². The number of nitrogens with one attached hydrogen (secondary N) is 1. The van der Waals surface area contributed by atoms with Crippen molar-refractivity contribution in [2.45, 2.75) is 25.3 Å². The molecule has 4 N–H and O–H groups in total. The zero-order chi connectivity index (χ0) is 25.7. The number of aromatic nitrogens is 1. The van der Waals surface area contributed by atoms with Crippen LogP contribution in [0.4, 0.5) is 14.3 Å². The molecule has 7 nitrogen and oxygen atoms in total. The maximum atomic E-state index is 13.8. The Morgan fingerprint density at radius 3 is 2.61 bits per heavy atom. The SMILES string of the molecule is N[C@@H](Cc1ccc(NC(=O)CCC2=N/C(=C\c3ccc(-c4cccs4)n3B(F)F)C=C2)cc1)C(=O)O. The van der Waals surface area contributed by atoms with Crippen LogP contribution in [0, 0.1) is 0 Å². The van der Waals surface area contributed by atoms with E-state index in [1.54, 1.807) is 60.7 Å². The molecule has 0 aliphatic carbocycles. The number of halogens is 2. The summed E-state index contributed by atoms with van der Waals surface area (Å²) in [6.45, 7) is 0. The minimum Gasteiger partial charge on any atom is -0.480 e. The monoisotopic (exact) mass is 508 g/mol. The van der Waals surface area contributed by atoms with E-state index < -0.39 is 19.4 Å². The molecule has 0 bridgehead atoms. The number of anilines is 1. The Morgan fingerprint density at radius 2 is 1.94 bits per heavy atom. The minimum atomic E-state index is -2.69. The van der Waals surface area contributed by atoms with Crippen LogP contribution in [0.5, 0.6) is 0 Å². The number of nitrogens with two attached hydrogens (primary N) is 1. The van der Waals surface area contributed by atoms with Crippen LogP contribution >= 0.6 is 11.3 Å². The summed E-state index contributed by atoms with van der Waals surface area (Å²) in [5, 5.41) is 13.5. The Bertz CT molecular complexity index is 1330. The molecule has 0 radical (unpaired) electrons. The second-order valence-electron chi connectivity index (χ2n) is 8.17. The van der Waals surface area contributed by atoms with E-state index in [1.165, 1.54) is 11.3 Å². The highest BCUT2D eigenvalue weighted by Gasteiger charge is 2.24. The predicted octanol–water partition coefficient (Wildman–Crippen LogP) is 4.71. The maximum Gasteiger partial charge on any atom is 0.678 e. The number of thiophene rings is 1. The van der Waals surface area contributed by atoms with E-state index in [-0.39, 0.29) is 18.7 Å². The summed E-state index contributed by atoms with van der Waals surface area (Å²) < 4.78 is 28.5. The average Bonchev–Trinajstić information content (AvgIpc) is 3.60. The first kappa shape index (κ1) is 25.3. The standard InChI is InChI=1S/C25H23BF2N4O3S/c27-26(28)32-20(10-11-22(32)23-2-1-13-36-23)15-19-8-7-17(30-19)9-12-24(33)31-18-5-3-16(4-6-18)14-21(29)25(34)35/h1-8,10-11,13,15,21H,9,12,14,29H2,(H,31,33)(H,34,35)/b19-15-/t21-/m0/s1. The van der Waals surface area contributed by atoms with Gasteiger partial charge in [0, 0.05) is 28.4 Å². The number of allylic oxidation sites excluding steroid dienone is 2. The smallest absolute Gasteiger partial charge is 0.480 e. The fraction of sp³-hybridized carbons (Fsp3) is 0.160. The molecule has 1 aliphatic rings. The highest BCUT2D eigenvalue weighted by molar-refractivity contribution is 7.13. The van der Waals surface area contributed by atoms with E-state index in [1.807, 2.05) is 11.4 Å². The lowest BCUT2D eigenvalue weighted by Gasteiger charge is -2.08. The van der Waals surface area contributed by atoms with E-state index >= 15 is 0 Å². The van der Waals surface area contributed by atoms with E-state index in [0.29, 0.717) is 34.9 Å². The molecule has 1 aromatic carbocycles. The van der Waals surface area contributed by atoms with E-state index in [2.05, 4.69) is 10.3 Å². The third-order valence-corrected chi connectivity index (χ3v) is 6.44.